The van der Waals surface area contributed by atoms with Crippen LogP contribution in [0.2, 0.25) is 0 Å². The van der Waals surface area contributed by atoms with E-state index in [1.807, 2.05) is 0 Å². The van der Waals surface area contributed by atoms with E-state index >= 15 is 0 Å². The summed E-state index contributed by atoms with van der Waals surface area (Å²) in [7, 11) is 0. The zero-order valence-corrected chi connectivity index (χ0v) is 12.5. The first-order valence-electron chi connectivity index (χ1n) is 7.91. The minimum atomic E-state index is 0.762. The number of rotatable bonds is 6. The first kappa shape index (κ1) is 14.4. The minimum Gasteiger partial charge on any atom is -0.369 e. The monoisotopic (exact) mass is 260 g/mol. The molecule has 1 fully saturated rings. The van der Waals surface area contributed by atoms with Gasteiger partial charge in [0.05, 0.1) is 0 Å². The molecule has 1 aliphatic heterocycles. The van der Waals surface area contributed by atoms with Gasteiger partial charge in [-0.1, -0.05) is 32.4 Å². The van der Waals surface area contributed by atoms with Crippen LogP contribution < -0.4 is 10.2 Å². The summed E-state index contributed by atoms with van der Waals surface area (Å²) in [6.07, 6.45) is 6.74. The molecule has 106 valence electrons. The molecule has 1 aromatic rings. The fourth-order valence-corrected chi connectivity index (χ4v) is 3.05. The molecule has 2 nitrogen and oxygen atoms in total. The molecule has 0 aromatic heterocycles. The van der Waals surface area contributed by atoms with Crippen molar-refractivity contribution in [1.82, 2.24) is 5.32 Å². The molecule has 0 bridgehead atoms. The fraction of sp³-hybridized carbons (Fsp3) is 0.647. The van der Waals surface area contributed by atoms with Crippen LogP contribution in [0.5, 0.6) is 0 Å². The second-order valence-corrected chi connectivity index (χ2v) is 5.58. The molecular weight excluding hydrogens is 232 g/mol. The van der Waals surface area contributed by atoms with Crippen LogP contribution in [0, 0.1) is 0 Å². The van der Waals surface area contributed by atoms with Gasteiger partial charge in [-0.2, -0.15) is 0 Å². The summed E-state index contributed by atoms with van der Waals surface area (Å²) in [4.78, 5) is 2.63. The molecular formula is C17H28N2. The van der Waals surface area contributed by atoms with Crippen molar-refractivity contribution in [3.8, 4) is 0 Å². The van der Waals surface area contributed by atoms with E-state index in [4.69, 9.17) is 0 Å². The summed E-state index contributed by atoms with van der Waals surface area (Å²) in [6, 6.07) is 9.92. The number of hydrogen-bond acceptors (Lipinski definition) is 2. The maximum Gasteiger partial charge on any atom is 0.0368 e. The molecule has 1 aliphatic rings. The molecule has 0 saturated carbocycles. The molecule has 1 atom stereocenters. The van der Waals surface area contributed by atoms with Gasteiger partial charge in [0.15, 0.2) is 0 Å². The second kappa shape index (κ2) is 7.54. The van der Waals surface area contributed by atoms with Crippen LogP contribution >= 0.6 is 0 Å². The van der Waals surface area contributed by atoms with E-state index in [0.29, 0.717) is 0 Å². The maximum absolute atomic E-state index is 3.38. The van der Waals surface area contributed by atoms with Crippen LogP contribution in [-0.2, 0) is 6.54 Å². The van der Waals surface area contributed by atoms with Crippen LogP contribution in [0.25, 0.3) is 0 Å². The second-order valence-electron chi connectivity index (χ2n) is 5.58. The Kier molecular flexibility index (Phi) is 5.71. The average molecular weight is 260 g/mol. The summed E-state index contributed by atoms with van der Waals surface area (Å²) in [5.74, 6) is 0. The number of hydrogen-bond donors (Lipinski definition) is 1. The molecule has 0 aliphatic carbocycles. The van der Waals surface area contributed by atoms with Crippen LogP contribution in [0.3, 0.4) is 0 Å². The number of nitrogens with zero attached hydrogens (tertiary/aromatic N) is 1. The van der Waals surface area contributed by atoms with Crippen molar-refractivity contribution in [2.75, 3.05) is 18.0 Å². The first-order chi connectivity index (χ1) is 9.35. The highest BCUT2D eigenvalue weighted by Gasteiger charge is 2.21. The van der Waals surface area contributed by atoms with Crippen molar-refractivity contribution in [3.63, 3.8) is 0 Å². The zero-order valence-electron chi connectivity index (χ0n) is 12.5. The topological polar surface area (TPSA) is 15.3 Å². The Morgan fingerprint density at radius 2 is 1.95 bits per heavy atom. The highest BCUT2D eigenvalue weighted by molar-refractivity contribution is 5.49. The summed E-state index contributed by atoms with van der Waals surface area (Å²) in [5.41, 5.74) is 2.80. The third-order valence-corrected chi connectivity index (χ3v) is 4.10. The Labute approximate surface area is 118 Å². The molecule has 1 unspecified atom stereocenters. The van der Waals surface area contributed by atoms with Crippen LogP contribution in [0.15, 0.2) is 24.3 Å². The lowest BCUT2D eigenvalue weighted by atomic mass is 9.97. The van der Waals surface area contributed by atoms with Gasteiger partial charge in [-0.25, -0.2) is 0 Å². The van der Waals surface area contributed by atoms with Crippen molar-refractivity contribution in [1.29, 1.82) is 0 Å². The molecule has 1 saturated heterocycles. The summed E-state index contributed by atoms with van der Waals surface area (Å²) >= 11 is 0. The van der Waals surface area contributed by atoms with Crippen molar-refractivity contribution in [2.24, 2.45) is 0 Å². The number of piperidine rings is 1. The van der Waals surface area contributed by atoms with Gasteiger partial charge in [0.25, 0.3) is 0 Å². The summed E-state index contributed by atoms with van der Waals surface area (Å²) in [6.45, 7) is 7.70. The maximum atomic E-state index is 3.38. The summed E-state index contributed by atoms with van der Waals surface area (Å²) < 4.78 is 0. The minimum absolute atomic E-state index is 0.762. The largest absolute Gasteiger partial charge is 0.369 e. The number of benzene rings is 1. The van der Waals surface area contributed by atoms with Gasteiger partial charge >= 0.3 is 0 Å². The van der Waals surface area contributed by atoms with E-state index < -0.39 is 0 Å². The SMILES string of the molecule is CCCC1CCCCN1c1ccc(CNCC)cc1. The molecule has 2 rings (SSSR count). The molecule has 19 heavy (non-hydrogen) atoms. The number of nitrogens with one attached hydrogen (secondary N) is 1. The van der Waals surface area contributed by atoms with E-state index in [1.54, 1.807) is 0 Å². The fourth-order valence-electron chi connectivity index (χ4n) is 3.05. The Morgan fingerprint density at radius 1 is 1.16 bits per heavy atom. The first-order valence-corrected chi connectivity index (χ1v) is 7.91. The van der Waals surface area contributed by atoms with Crippen LogP contribution in [0.1, 0.15) is 51.5 Å². The molecule has 1 N–H and O–H groups in total. The Hall–Kier alpha value is -1.02. The van der Waals surface area contributed by atoms with E-state index in [2.05, 4.69) is 48.3 Å². The molecule has 1 aromatic carbocycles. The van der Waals surface area contributed by atoms with Gasteiger partial charge < -0.3 is 10.2 Å². The third kappa shape index (κ3) is 3.97. The van der Waals surface area contributed by atoms with Crippen LogP contribution in [-0.4, -0.2) is 19.1 Å². The molecule has 0 amide bonds. The summed E-state index contributed by atoms with van der Waals surface area (Å²) in [5, 5.41) is 3.38. The van der Waals surface area contributed by atoms with Gasteiger partial charge in [0.2, 0.25) is 0 Å². The highest BCUT2D eigenvalue weighted by atomic mass is 15.2. The predicted octanol–water partition coefficient (Wildman–Crippen LogP) is 3.96. The lowest BCUT2D eigenvalue weighted by molar-refractivity contribution is 0.435. The van der Waals surface area contributed by atoms with Gasteiger partial charge in [-0.15, -0.1) is 0 Å². The number of anilines is 1. The van der Waals surface area contributed by atoms with Gasteiger partial charge in [0, 0.05) is 24.8 Å². The van der Waals surface area contributed by atoms with Crippen molar-refractivity contribution in [3.05, 3.63) is 29.8 Å². The quantitative estimate of drug-likeness (QED) is 0.833. The van der Waals surface area contributed by atoms with E-state index in [9.17, 15) is 0 Å². The molecule has 2 heteroatoms. The Balaban J connectivity index is 2.02. The third-order valence-electron chi connectivity index (χ3n) is 4.10. The normalized spacial score (nSPS) is 19.7. The Morgan fingerprint density at radius 3 is 2.63 bits per heavy atom. The average Bonchev–Trinajstić information content (AvgIpc) is 2.47. The molecule has 0 radical (unpaired) electrons. The van der Waals surface area contributed by atoms with Crippen molar-refractivity contribution >= 4 is 5.69 Å². The zero-order chi connectivity index (χ0) is 13.5. The van der Waals surface area contributed by atoms with E-state index in [1.165, 1.54) is 49.9 Å². The van der Waals surface area contributed by atoms with Crippen molar-refractivity contribution in [2.45, 2.75) is 58.5 Å². The standard InChI is InChI=1S/C17H28N2/c1-3-7-16-8-5-6-13-19(16)17-11-9-15(10-12-17)14-18-4-2/h9-12,16,18H,3-8,13-14H2,1-2H3. The van der Waals surface area contributed by atoms with Crippen LogP contribution in [0.4, 0.5) is 5.69 Å². The van der Waals surface area contributed by atoms with Gasteiger partial charge in [-0.05, 0) is 49.9 Å². The molecule has 0 spiro atoms. The predicted molar refractivity (Wildman–Crippen MR) is 83.7 cm³/mol. The van der Waals surface area contributed by atoms with Gasteiger partial charge in [0.1, 0.15) is 0 Å². The lowest BCUT2D eigenvalue weighted by Crippen LogP contribution is -2.39. The van der Waals surface area contributed by atoms with Crippen molar-refractivity contribution < 1.29 is 0 Å². The molecule has 1 heterocycles. The van der Waals surface area contributed by atoms with E-state index in [-0.39, 0.29) is 0 Å². The van der Waals surface area contributed by atoms with E-state index in [0.717, 1.165) is 19.1 Å². The smallest absolute Gasteiger partial charge is 0.0368 e. The Bertz CT molecular complexity index is 356. The highest BCUT2D eigenvalue weighted by Crippen LogP contribution is 2.27. The lowest BCUT2D eigenvalue weighted by Gasteiger charge is -2.37. The van der Waals surface area contributed by atoms with Gasteiger partial charge in [-0.3, -0.25) is 0 Å².